The molecule has 0 aliphatic rings. The van der Waals surface area contributed by atoms with E-state index in [1.807, 2.05) is 12.1 Å². The first-order valence-corrected chi connectivity index (χ1v) is 7.21. The summed E-state index contributed by atoms with van der Waals surface area (Å²) in [5, 5.41) is 8.62. The highest BCUT2D eigenvalue weighted by atomic mass is 16.4. The highest BCUT2D eigenvalue weighted by molar-refractivity contribution is 5.96. The summed E-state index contributed by atoms with van der Waals surface area (Å²) in [5.41, 5.74) is 3.04. The van der Waals surface area contributed by atoms with Crippen molar-refractivity contribution in [3.05, 3.63) is 34.9 Å². The smallest absolute Gasteiger partial charge is 0.303 e. The maximum absolute atomic E-state index is 12.2. The SMILES string of the molecule is CC(C)c1cc(C(=O)CCCC(=O)O)cc(C(C)C)c1. The molecule has 110 valence electrons. The highest BCUT2D eigenvalue weighted by Gasteiger charge is 2.12. The maximum Gasteiger partial charge on any atom is 0.303 e. The van der Waals surface area contributed by atoms with Crippen molar-refractivity contribution < 1.29 is 14.7 Å². The summed E-state index contributed by atoms with van der Waals surface area (Å²) in [6.07, 6.45) is 0.745. The van der Waals surface area contributed by atoms with Crippen LogP contribution in [0, 0.1) is 0 Å². The maximum atomic E-state index is 12.2. The van der Waals surface area contributed by atoms with Crippen molar-refractivity contribution in [3.8, 4) is 0 Å². The van der Waals surface area contributed by atoms with E-state index in [1.54, 1.807) is 0 Å². The molecule has 0 saturated heterocycles. The normalized spacial score (nSPS) is 11.1. The number of Topliss-reactive ketones (excluding diaryl/α,β-unsaturated/α-hetero) is 1. The lowest BCUT2D eigenvalue weighted by Gasteiger charge is -2.14. The Morgan fingerprint density at radius 3 is 1.85 bits per heavy atom. The Balaban J connectivity index is 2.92. The van der Waals surface area contributed by atoms with Crippen molar-refractivity contribution in [1.82, 2.24) is 0 Å². The molecule has 0 aliphatic carbocycles. The Hall–Kier alpha value is -1.64. The Bertz CT molecular complexity index is 461. The number of aliphatic carboxylic acids is 1. The van der Waals surface area contributed by atoms with E-state index in [9.17, 15) is 9.59 Å². The minimum absolute atomic E-state index is 0.0376. The van der Waals surface area contributed by atoms with Crippen LogP contribution in [0.4, 0.5) is 0 Å². The number of carboxylic acids is 1. The van der Waals surface area contributed by atoms with Gasteiger partial charge in [-0.15, -0.1) is 0 Å². The number of carbonyl (C=O) groups excluding carboxylic acids is 1. The molecule has 0 bridgehead atoms. The fourth-order valence-corrected chi connectivity index (χ4v) is 2.05. The van der Waals surface area contributed by atoms with E-state index in [-0.39, 0.29) is 12.2 Å². The molecule has 1 aromatic rings. The molecule has 0 unspecified atom stereocenters. The lowest BCUT2D eigenvalue weighted by molar-refractivity contribution is -0.137. The van der Waals surface area contributed by atoms with Crippen LogP contribution in [-0.2, 0) is 4.79 Å². The van der Waals surface area contributed by atoms with E-state index < -0.39 is 5.97 Å². The molecule has 0 radical (unpaired) electrons. The number of carbonyl (C=O) groups is 2. The average molecular weight is 276 g/mol. The van der Waals surface area contributed by atoms with Gasteiger partial charge in [-0.05, 0) is 41.5 Å². The predicted octanol–water partition coefficient (Wildman–Crippen LogP) is 4.37. The zero-order chi connectivity index (χ0) is 15.3. The molecule has 0 aliphatic heterocycles. The van der Waals surface area contributed by atoms with Gasteiger partial charge in [0.25, 0.3) is 0 Å². The van der Waals surface area contributed by atoms with E-state index in [4.69, 9.17) is 5.11 Å². The van der Waals surface area contributed by atoms with Crippen LogP contribution in [-0.4, -0.2) is 16.9 Å². The first-order valence-electron chi connectivity index (χ1n) is 7.21. The first kappa shape index (κ1) is 16.4. The number of rotatable bonds is 7. The van der Waals surface area contributed by atoms with Gasteiger partial charge in [0.1, 0.15) is 0 Å². The minimum atomic E-state index is -0.850. The highest BCUT2D eigenvalue weighted by Crippen LogP contribution is 2.24. The number of ketones is 1. The van der Waals surface area contributed by atoms with Crippen LogP contribution < -0.4 is 0 Å². The molecule has 1 N–H and O–H groups in total. The van der Waals surface area contributed by atoms with Crippen molar-refractivity contribution in [2.75, 3.05) is 0 Å². The zero-order valence-electron chi connectivity index (χ0n) is 12.8. The van der Waals surface area contributed by atoms with Crippen molar-refractivity contribution in [1.29, 1.82) is 0 Å². The van der Waals surface area contributed by atoms with Gasteiger partial charge < -0.3 is 5.11 Å². The molecule has 20 heavy (non-hydrogen) atoms. The Labute approximate surface area is 121 Å². The van der Waals surface area contributed by atoms with Crippen molar-refractivity contribution in [2.45, 2.75) is 58.8 Å². The van der Waals surface area contributed by atoms with Crippen molar-refractivity contribution >= 4 is 11.8 Å². The molecule has 1 rings (SSSR count). The molecular formula is C17H24O3. The molecule has 3 heteroatoms. The molecule has 0 atom stereocenters. The molecule has 0 heterocycles. The number of hydrogen-bond donors (Lipinski definition) is 1. The van der Waals surface area contributed by atoms with Crippen LogP contribution in [0.1, 0.15) is 80.3 Å². The lowest BCUT2D eigenvalue weighted by Crippen LogP contribution is -2.05. The van der Waals surface area contributed by atoms with Gasteiger partial charge >= 0.3 is 5.97 Å². The van der Waals surface area contributed by atoms with Gasteiger partial charge in [-0.2, -0.15) is 0 Å². The number of carboxylic acid groups (broad SMARTS) is 1. The lowest BCUT2D eigenvalue weighted by atomic mass is 9.91. The monoisotopic (exact) mass is 276 g/mol. The molecule has 0 aromatic heterocycles. The molecular weight excluding hydrogens is 252 g/mol. The minimum Gasteiger partial charge on any atom is -0.481 e. The van der Waals surface area contributed by atoms with Crippen LogP contribution in [0.5, 0.6) is 0 Å². The summed E-state index contributed by atoms with van der Waals surface area (Å²) in [6.45, 7) is 8.44. The fraction of sp³-hybridized carbons (Fsp3) is 0.529. The second-order valence-electron chi connectivity index (χ2n) is 5.87. The summed E-state index contributed by atoms with van der Waals surface area (Å²) >= 11 is 0. The van der Waals surface area contributed by atoms with Gasteiger partial charge in [-0.3, -0.25) is 9.59 Å². The average Bonchev–Trinajstić information content (AvgIpc) is 2.37. The van der Waals surface area contributed by atoms with Gasteiger partial charge in [-0.1, -0.05) is 33.8 Å². The zero-order valence-corrected chi connectivity index (χ0v) is 12.8. The summed E-state index contributed by atoms with van der Waals surface area (Å²) in [5.74, 6) is -0.0641. The van der Waals surface area contributed by atoms with Crippen LogP contribution in [0.3, 0.4) is 0 Å². The van der Waals surface area contributed by atoms with Gasteiger partial charge in [0, 0.05) is 18.4 Å². The first-order chi connectivity index (χ1) is 9.31. The molecule has 1 aromatic carbocycles. The van der Waals surface area contributed by atoms with Gasteiger partial charge in [0.15, 0.2) is 5.78 Å². The van der Waals surface area contributed by atoms with E-state index in [2.05, 4.69) is 33.8 Å². The van der Waals surface area contributed by atoms with E-state index >= 15 is 0 Å². The quantitative estimate of drug-likeness (QED) is 0.752. The van der Waals surface area contributed by atoms with Crippen LogP contribution in [0.15, 0.2) is 18.2 Å². The molecule has 0 fully saturated rings. The number of benzene rings is 1. The Morgan fingerprint density at radius 2 is 1.45 bits per heavy atom. The molecule has 0 saturated carbocycles. The second kappa shape index (κ2) is 7.22. The fourth-order valence-electron chi connectivity index (χ4n) is 2.05. The summed E-state index contributed by atoms with van der Waals surface area (Å²) in [7, 11) is 0. The third-order valence-electron chi connectivity index (χ3n) is 3.43. The van der Waals surface area contributed by atoms with Crippen molar-refractivity contribution in [3.63, 3.8) is 0 Å². The molecule has 0 amide bonds. The third kappa shape index (κ3) is 4.80. The van der Waals surface area contributed by atoms with E-state index in [0.717, 1.165) is 11.1 Å². The summed E-state index contributed by atoms with van der Waals surface area (Å²) < 4.78 is 0. The largest absolute Gasteiger partial charge is 0.481 e. The summed E-state index contributed by atoms with van der Waals surface area (Å²) in [4.78, 5) is 22.7. The second-order valence-corrected chi connectivity index (χ2v) is 5.87. The Morgan fingerprint density at radius 1 is 0.950 bits per heavy atom. The molecule has 3 nitrogen and oxygen atoms in total. The molecule has 0 spiro atoms. The predicted molar refractivity (Wildman–Crippen MR) is 80.4 cm³/mol. The van der Waals surface area contributed by atoms with Gasteiger partial charge in [0.05, 0.1) is 0 Å². The third-order valence-corrected chi connectivity index (χ3v) is 3.43. The van der Waals surface area contributed by atoms with Crippen LogP contribution in [0.25, 0.3) is 0 Å². The Kier molecular flexibility index (Phi) is 5.93. The van der Waals surface area contributed by atoms with Crippen molar-refractivity contribution in [2.24, 2.45) is 0 Å². The van der Waals surface area contributed by atoms with Gasteiger partial charge in [-0.25, -0.2) is 0 Å². The van der Waals surface area contributed by atoms with Crippen LogP contribution in [0.2, 0.25) is 0 Å². The van der Waals surface area contributed by atoms with Crippen LogP contribution >= 0.6 is 0 Å². The van der Waals surface area contributed by atoms with Gasteiger partial charge in [0.2, 0.25) is 0 Å². The summed E-state index contributed by atoms with van der Waals surface area (Å²) in [6, 6.07) is 6.04. The van der Waals surface area contributed by atoms with E-state index in [1.165, 1.54) is 0 Å². The standard InChI is InChI=1S/C17H24O3/c1-11(2)13-8-14(12(3)4)10-15(9-13)16(18)6-5-7-17(19)20/h8-12H,5-7H2,1-4H3,(H,19,20). The topological polar surface area (TPSA) is 54.4 Å². The van der Waals surface area contributed by atoms with E-state index in [0.29, 0.717) is 30.2 Å². The number of hydrogen-bond acceptors (Lipinski definition) is 2.